The average Bonchev–Trinajstić information content (AvgIpc) is 3.45. The number of carbonyl (C=O) groups excluding carboxylic acids is 1. The number of aliphatic imine (C=N–C) groups is 1. The first kappa shape index (κ1) is 23.3. The van der Waals surface area contributed by atoms with E-state index in [1.54, 1.807) is 0 Å². The highest BCUT2D eigenvalue weighted by atomic mass is 127. The summed E-state index contributed by atoms with van der Waals surface area (Å²) in [5.41, 5.74) is 2.69. The summed E-state index contributed by atoms with van der Waals surface area (Å²) in [6.07, 6.45) is 6.34. The van der Waals surface area contributed by atoms with Crippen LogP contribution in [0.15, 0.2) is 29.3 Å². The lowest BCUT2D eigenvalue weighted by Crippen LogP contribution is -2.43. The molecule has 1 atom stereocenters. The lowest BCUT2D eigenvalue weighted by atomic mass is 9.99. The van der Waals surface area contributed by atoms with Gasteiger partial charge in [0.05, 0.1) is 0 Å². The van der Waals surface area contributed by atoms with E-state index in [9.17, 15) is 4.79 Å². The fourth-order valence-corrected chi connectivity index (χ4v) is 4.98. The first-order valence-electron chi connectivity index (χ1n) is 11.3. The number of hydrogen-bond donors (Lipinski definition) is 1. The van der Waals surface area contributed by atoms with Gasteiger partial charge in [0.2, 0.25) is 5.91 Å². The van der Waals surface area contributed by atoms with Crippen LogP contribution < -0.4 is 5.32 Å². The van der Waals surface area contributed by atoms with Gasteiger partial charge in [0.25, 0.3) is 0 Å². The number of nitrogens with one attached hydrogen (secondary N) is 1. The molecule has 4 rings (SSSR count). The van der Waals surface area contributed by atoms with Crippen molar-refractivity contribution in [1.29, 1.82) is 0 Å². The topological polar surface area (TPSA) is 51.2 Å². The van der Waals surface area contributed by atoms with Gasteiger partial charge in [-0.05, 0) is 56.3 Å². The Labute approximate surface area is 198 Å². The second-order valence-electron chi connectivity index (χ2n) is 8.54. The number of rotatable bonds is 5. The van der Waals surface area contributed by atoms with Gasteiger partial charge in [0.1, 0.15) is 0 Å². The molecule has 7 heteroatoms. The molecule has 0 radical (unpaired) electrons. The Morgan fingerprint density at radius 2 is 1.87 bits per heavy atom. The molecule has 166 valence electrons. The number of fused-ring (bicyclic) bond motifs is 1. The summed E-state index contributed by atoms with van der Waals surface area (Å²) < 4.78 is 0. The number of carbonyl (C=O) groups is 1. The van der Waals surface area contributed by atoms with Gasteiger partial charge < -0.3 is 15.1 Å². The third-order valence-electron chi connectivity index (χ3n) is 6.67. The van der Waals surface area contributed by atoms with Crippen molar-refractivity contribution < 1.29 is 4.79 Å². The number of benzene rings is 1. The van der Waals surface area contributed by atoms with Crippen molar-refractivity contribution in [3.8, 4) is 0 Å². The molecule has 3 heterocycles. The molecule has 3 aliphatic heterocycles. The maximum absolute atomic E-state index is 12.6. The van der Waals surface area contributed by atoms with E-state index >= 15 is 0 Å². The molecule has 1 unspecified atom stereocenters. The lowest BCUT2D eigenvalue weighted by molar-refractivity contribution is -0.132. The van der Waals surface area contributed by atoms with E-state index < -0.39 is 0 Å². The molecule has 1 amide bonds. The van der Waals surface area contributed by atoms with Crippen LogP contribution in [0.2, 0.25) is 0 Å². The van der Waals surface area contributed by atoms with Gasteiger partial charge in [0, 0.05) is 52.2 Å². The highest BCUT2D eigenvalue weighted by molar-refractivity contribution is 14.0. The molecule has 1 N–H and O–H groups in total. The van der Waals surface area contributed by atoms with Crippen molar-refractivity contribution in [2.24, 2.45) is 4.99 Å². The SMILES string of the molecule is CN=C(NCCCC(=O)N1CCc2ccccc2C1)N1CCC(N2CCCC2)C1.I. The second-order valence-corrected chi connectivity index (χ2v) is 8.54. The molecule has 1 aromatic rings. The maximum Gasteiger partial charge on any atom is 0.222 e. The molecule has 2 fully saturated rings. The Bertz CT molecular complexity index is 734. The highest BCUT2D eigenvalue weighted by Gasteiger charge is 2.30. The number of halogens is 1. The van der Waals surface area contributed by atoms with Crippen molar-refractivity contribution in [2.75, 3.05) is 46.3 Å². The summed E-state index contributed by atoms with van der Waals surface area (Å²) in [7, 11) is 1.86. The van der Waals surface area contributed by atoms with E-state index in [0.717, 1.165) is 51.5 Å². The van der Waals surface area contributed by atoms with Crippen LogP contribution in [0.3, 0.4) is 0 Å². The second kappa shape index (κ2) is 11.3. The van der Waals surface area contributed by atoms with Crippen molar-refractivity contribution in [3.63, 3.8) is 0 Å². The van der Waals surface area contributed by atoms with E-state index in [4.69, 9.17) is 0 Å². The minimum atomic E-state index is 0. The zero-order valence-corrected chi connectivity index (χ0v) is 20.5. The van der Waals surface area contributed by atoms with Gasteiger partial charge in [-0.15, -0.1) is 24.0 Å². The van der Waals surface area contributed by atoms with Gasteiger partial charge in [0.15, 0.2) is 5.96 Å². The Kier molecular flexibility index (Phi) is 8.80. The number of likely N-dealkylation sites (tertiary alicyclic amines) is 2. The number of nitrogens with zero attached hydrogens (tertiary/aromatic N) is 4. The third-order valence-corrected chi connectivity index (χ3v) is 6.67. The summed E-state index contributed by atoms with van der Waals surface area (Å²) >= 11 is 0. The molecule has 0 aromatic heterocycles. The molecular weight excluding hydrogens is 489 g/mol. The maximum atomic E-state index is 12.6. The quantitative estimate of drug-likeness (QED) is 0.278. The molecule has 2 saturated heterocycles. The number of hydrogen-bond acceptors (Lipinski definition) is 3. The van der Waals surface area contributed by atoms with Crippen LogP contribution in [0.25, 0.3) is 0 Å². The Balaban J connectivity index is 0.00000256. The van der Waals surface area contributed by atoms with Crippen LogP contribution in [0.4, 0.5) is 0 Å². The van der Waals surface area contributed by atoms with Crippen molar-refractivity contribution in [2.45, 2.75) is 51.1 Å². The Hall–Kier alpha value is -1.35. The molecule has 0 aliphatic carbocycles. The van der Waals surface area contributed by atoms with E-state index in [1.807, 2.05) is 11.9 Å². The van der Waals surface area contributed by atoms with Gasteiger partial charge in [-0.3, -0.25) is 14.7 Å². The van der Waals surface area contributed by atoms with E-state index in [0.29, 0.717) is 12.5 Å². The zero-order chi connectivity index (χ0) is 20.1. The summed E-state index contributed by atoms with van der Waals surface area (Å²) in [4.78, 5) is 24.1. The number of guanidine groups is 1. The fourth-order valence-electron chi connectivity index (χ4n) is 4.98. The molecule has 0 bridgehead atoms. The summed E-state index contributed by atoms with van der Waals surface area (Å²) in [5, 5.41) is 3.48. The molecule has 0 saturated carbocycles. The van der Waals surface area contributed by atoms with Crippen molar-refractivity contribution in [3.05, 3.63) is 35.4 Å². The smallest absolute Gasteiger partial charge is 0.222 e. The molecule has 3 aliphatic rings. The van der Waals surface area contributed by atoms with Crippen LogP contribution >= 0.6 is 24.0 Å². The van der Waals surface area contributed by atoms with Crippen LogP contribution in [-0.2, 0) is 17.8 Å². The third kappa shape index (κ3) is 5.66. The molecule has 6 nitrogen and oxygen atoms in total. The summed E-state index contributed by atoms with van der Waals surface area (Å²) in [5.74, 6) is 1.26. The first-order valence-corrected chi connectivity index (χ1v) is 11.3. The average molecular weight is 525 g/mol. The predicted molar refractivity (Wildman–Crippen MR) is 132 cm³/mol. The lowest BCUT2D eigenvalue weighted by Gasteiger charge is -2.29. The highest BCUT2D eigenvalue weighted by Crippen LogP contribution is 2.21. The van der Waals surface area contributed by atoms with Crippen molar-refractivity contribution >= 4 is 35.8 Å². The molecule has 30 heavy (non-hydrogen) atoms. The molecule has 1 aromatic carbocycles. The minimum Gasteiger partial charge on any atom is -0.356 e. The van der Waals surface area contributed by atoms with Gasteiger partial charge in [-0.25, -0.2) is 0 Å². The largest absolute Gasteiger partial charge is 0.356 e. The molecular formula is C23H36IN5O. The van der Waals surface area contributed by atoms with E-state index in [2.05, 4.69) is 44.4 Å². The zero-order valence-electron chi connectivity index (χ0n) is 18.2. The summed E-state index contributed by atoms with van der Waals surface area (Å²) in [6, 6.07) is 9.16. The van der Waals surface area contributed by atoms with Crippen LogP contribution in [0.5, 0.6) is 0 Å². The van der Waals surface area contributed by atoms with Gasteiger partial charge in [-0.2, -0.15) is 0 Å². The van der Waals surface area contributed by atoms with Gasteiger partial charge >= 0.3 is 0 Å². The minimum absolute atomic E-state index is 0. The standard InChI is InChI=1S/C23H35N5O.HI/c1-24-23(28-16-11-21(18-28)26-13-4-5-14-26)25-12-6-9-22(29)27-15-10-19-7-2-3-8-20(19)17-27;/h2-3,7-8,21H,4-6,9-18H2,1H3,(H,24,25);1H. The van der Waals surface area contributed by atoms with Crippen LogP contribution in [-0.4, -0.2) is 78.9 Å². The van der Waals surface area contributed by atoms with Crippen molar-refractivity contribution in [1.82, 2.24) is 20.0 Å². The Morgan fingerprint density at radius 1 is 1.10 bits per heavy atom. The normalized spacial score (nSPS) is 22.0. The number of amides is 1. The fraction of sp³-hybridized carbons (Fsp3) is 0.652. The first-order chi connectivity index (χ1) is 14.2. The summed E-state index contributed by atoms with van der Waals surface area (Å²) in [6.45, 7) is 7.07. The van der Waals surface area contributed by atoms with E-state index in [1.165, 1.54) is 43.5 Å². The monoisotopic (exact) mass is 525 g/mol. The molecule has 0 spiro atoms. The Morgan fingerprint density at radius 3 is 2.63 bits per heavy atom. The van der Waals surface area contributed by atoms with E-state index in [-0.39, 0.29) is 29.9 Å². The predicted octanol–water partition coefficient (Wildman–Crippen LogP) is 2.72. The van der Waals surface area contributed by atoms with Crippen LogP contribution in [0, 0.1) is 0 Å². The van der Waals surface area contributed by atoms with Gasteiger partial charge in [-0.1, -0.05) is 24.3 Å². The van der Waals surface area contributed by atoms with Crippen LogP contribution in [0.1, 0.15) is 43.2 Å².